The van der Waals surface area contributed by atoms with Crippen molar-refractivity contribution in [3.63, 3.8) is 0 Å². The van der Waals surface area contributed by atoms with E-state index in [9.17, 15) is 9.59 Å². The fourth-order valence-corrected chi connectivity index (χ4v) is 2.83. The van der Waals surface area contributed by atoms with Crippen LogP contribution in [0.1, 0.15) is 22.8 Å². The largest absolute Gasteiger partial charge is 0.481 e. The van der Waals surface area contributed by atoms with Crippen molar-refractivity contribution in [2.75, 3.05) is 13.1 Å². The maximum Gasteiger partial charge on any atom is 0.308 e. The Bertz CT molecular complexity index is 529. The van der Waals surface area contributed by atoms with E-state index in [4.69, 9.17) is 5.11 Å². The summed E-state index contributed by atoms with van der Waals surface area (Å²) in [6.45, 7) is 4.55. The topological polar surface area (TPSA) is 57.6 Å². The first-order valence-corrected chi connectivity index (χ1v) is 6.98. The monoisotopic (exact) mass is 325 g/mol. The molecule has 0 aliphatic carbocycles. The minimum atomic E-state index is -0.825. The highest BCUT2D eigenvalue weighted by atomic mass is 79.9. The number of amides is 1. The van der Waals surface area contributed by atoms with Gasteiger partial charge in [0.25, 0.3) is 5.91 Å². The van der Waals surface area contributed by atoms with Crippen molar-refractivity contribution in [1.29, 1.82) is 0 Å². The van der Waals surface area contributed by atoms with E-state index in [1.165, 1.54) is 0 Å². The summed E-state index contributed by atoms with van der Waals surface area (Å²) < 4.78 is 0.889. The van der Waals surface area contributed by atoms with E-state index in [-0.39, 0.29) is 11.8 Å². The quantitative estimate of drug-likeness (QED) is 0.909. The van der Waals surface area contributed by atoms with Crippen molar-refractivity contribution in [2.24, 2.45) is 11.8 Å². The molecule has 0 unspecified atom stereocenters. The number of carbonyl (C=O) groups is 2. The number of benzene rings is 1. The van der Waals surface area contributed by atoms with Crippen molar-refractivity contribution in [3.8, 4) is 0 Å². The Morgan fingerprint density at radius 3 is 2.63 bits per heavy atom. The van der Waals surface area contributed by atoms with Crippen LogP contribution in [0.3, 0.4) is 0 Å². The molecule has 1 aliphatic rings. The number of hydrogen-bond acceptors (Lipinski definition) is 2. The van der Waals surface area contributed by atoms with E-state index in [1.807, 2.05) is 26.0 Å². The zero-order valence-corrected chi connectivity index (χ0v) is 12.5. The van der Waals surface area contributed by atoms with Gasteiger partial charge in [-0.3, -0.25) is 9.59 Å². The summed E-state index contributed by atoms with van der Waals surface area (Å²) in [6.07, 6.45) is 0. The molecular formula is C14H16BrNO3. The first kappa shape index (κ1) is 14.1. The summed E-state index contributed by atoms with van der Waals surface area (Å²) in [4.78, 5) is 25.2. The molecule has 1 aliphatic heterocycles. The van der Waals surface area contributed by atoms with Crippen LogP contribution < -0.4 is 0 Å². The van der Waals surface area contributed by atoms with E-state index in [1.54, 1.807) is 11.0 Å². The highest BCUT2D eigenvalue weighted by Crippen LogP contribution is 2.27. The molecule has 0 radical (unpaired) electrons. The molecule has 1 saturated heterocycles. The van der Waals surface area contributed by atoms with Crippen LogP contribution in [0.15, 0.2) is 22.7 Å². The average molecular weight is 326 g/mol. The molecule has 2 rings (SSSR count). The van der Waals surface area contributed by atoms with Crippen LogP contribution in [0, 0.1) is 18.8 Å². The molecule has 1 amide bonds. The summed E-state index contributed by atoms with van der Waals surface area (Å²) in [6, 6.07) is 5.48. The molecule has 0 saturated carbocycles. The lowest BCUT2D eigenvalue weighted by Gasteiger charge is -2.17. The van der Waals surface area contributed by atoms with Crippen LogP contribution in [0.4, 0.5) is 0 Å². The maximum absolute atomic E-state index is 12.4. The Balaban J connectivity index is 2.22. The van der Waals surface area contributed by atoms with Gasteiger partial charge in [-0.1, -0.05) is 28.9 Å². The van der Waals surface area contributed by atoms with Gasteiger partial charge in [0.15, 0.2) is 0 Å². The first-order chi connectivity index (χ1) is 8.91. The van der Waals surface area contributed by atoms with Gasteiger partial charge in [-0.2, -0.15) is 0 Å². The van der Waals surface area contributed by atoms with Gasteiger partial charge in [-0.15, -0.1) is 0 Å². The number of likely N-dealkylation sites (tertiary alicyclic amines) is 1. The SMILES string of the molecule is Cc1c(Br)cccc1C(=O)N1C[C@@H](C)[C@H](C(=O)O)C1. The van der Waals surface area contributed by atoms with E-state index in [0.717, 1.165) is 10.0 Å². The van der Waals surface area contributed by atoms with Gasteiger partial charge in [0.1, 0.15) is 0 Å². The van der Waals surface area contributed by atoms with Gasteiger partial charge in [0, 0.05) is 23.1 Å². The highest BCUT2D eigenvalue weighted by molar-refractivity contribution is 9.10. The lowest BCUT2D eigenvalue weighted by molar-refractivity contribution is -0.142. The summed E-state index contributed by atoms with van der Waals surface area (Å²) in [7, 11) is 0. The Morgan fingerprint density at radius 2 is 2.05 bits per heavy atom. The second-order valence-corrected chi connectivity index (χ2v) is 5.90. The molecule has 1 N–H and O–H groups in total. The molecule has 1 heterocycles. The van der Waals surface area contributed by atoms with E-state index >= 15 is 0 Å². The molecule has 1 fully saturated rings. The molecule has 102 valence electrons. The third-order valence-electron chi connectivity index (χ3n) is 3.71. The molecule has 0 spiro atoms. The Labute approximate surface area is 120 Å². The van der Waals surface area contributed by atoms with Crippen molar-refractivity contribution < 1.29 is 14.7 Å². The fourth-order valence-electron chi connectivity index (χ4n) is 2.46. The average Bonchev–Trinajstić information content (AvgIpc) is 2.74. The lowest BCUT2D eigenvalue weighted by atomic mass is 9.99. The van der Waals surface area contributed by atoms with Crippen LogP contribution in [0.5, 0.6) is 0 Å². The van der Waals surface area contributed by atoms with Crippen LogP contribution in [-0.4, -0.2) is 35.0 Å². The molecule has 5 heteroatoms. The molecule has 0 aromatic heterocycles. The van der Waals surface area contributed by atoms with E-state index in [0.29, 0.717) is 18.7 Å². The highest BCUT2D eigenvalue weighted by Gasteiger charge is 2.37. The van der Waals surface area contributed by atoms with Gasteiger partial charge in [0.05, 0.1) is 5.92 Å². The minimum Gasteiger partial charge on any atom is -0.481 e. The predicted octanol–water partition coefficient (Wildman–Crippen LogP) is 2.55. The van der Waals surface area contributed by atoms with Crippen molar-refractivity contribution >= 4 is 27.8 Å². The minimum absolute atomic E-state index is 0.00564. The Hall–Kier alpha value is -1.36. The molecule has 4 nitrogen and oxygen atoms in total. The normalized spacial score (nSPS) is 22.6. The second kappa shape index (κ2) is 5.33. The molecule has 1 aromatic carbocycles. The number of nitrogens with zero attached hydrogens (tertiary/aromatic N) is 1. The third-order valence-corrected chi connectivity index (χ3v) is 4.57. The molecule has 2 atom stereocenters. The van der Waals surface area contributed by atoms with Crippen molar-refractivity contribution in [2.45, 2.75) is 13.8 Å². The first-order valence-electron chi connectivity index (χ1n) is 6.19. The van der Waals surface area contributed by atoms with E-state index in [2.05, 4.69) is 15.9 Å². The third kappa shape index (κ3) is 2.66. The number of carboxylic acids is 1. The van der Waals surface area contributed by atoms with Gasteiger partial charge in [0.2, 0.25) is 0 Å². The Kier molecular flexibility index (Phi) is 3.94. The number of carbonyl (C=O) groups excluding carboxylic acids is 1. The smallest absolute Gasteiger partial charge is 0.308 e. The summed E-state index contributed by atoms with van der Waals surface area (Å²) in [5, 5.41) is 9.11. The molecule has 0 bridgehead atoms. The number of halogens is 1. The van der Waals surface area contributed by atoms with Crippen molar-refractivity contribution in [3.05, 3.63) is 33.8 Å². The van der Waals surface area contributed by atoms with Crippen LogP contribution in [0.25, 0.3) is 0 Å². The molecule has 1 aromatic rings. The van der Waals surface area contributed by atoms with Crippen LogP contribution in [-0.2, 0) is 4.79 Å². The number of carboxylic acid groups (broad SMARTS) is 1. The van der Waals surface area contributed by atoms with Gasteiger partial charge in [-0.25, -0.2) is 0 Å². The summed E-state index contributed by atoms with van der Waals surface area (Å²) >= 11 is 3.41. The van der Waals surface area contributed by atoms with Crippen LogP contribution in [0.2, 0.25) is 0 Å². The lowest BCUT2D eigenvalue weighted by Crippen LogP contribution is -2.30. The Morgan fingerprint density at radius 1 is 1.37 bits per heavy atom. The summed E-state index contributed by atoms with van der Waals surface area (Å²) in [5.74, 6) is -1.38. The van der Waals surface area contributed by atoms with Gasteiger partial charge in [-0.05, 0) is 30.5 Å². The number of rotatable bonds is 2. The van der Waals surface area contributed by atoms with Gasteiger partial charge < -0.3 is 10.0 Å². The summed E-state index contributed by atoms with van der Waals surface area (Å²) in [5.41, 5.74) is 1.52. The predicted molar refractivity (Wildman–Crippen MR) is 75.1 cm³/mol. The second-order valence-electron chi connectivity index (χ2n) is 5.04. The van der Waals surface area contributed by atoms with Crippen LogP contribution >= 0.6 is 15.9 Å². The van der Waals surface area contributed by atoms with Gasteiger partial charge >= 0.3 is 5.97 Å². The van der Waals surface area contributed by atoms with Crippen molar-refractivity contribution in [1.82, 2.24) is 4.90 Å². The zero-order chi connectivity index (χ0) is 14.2. The fraction of sp³-hybridized carbons (Fsp3) is 0.429. The number of aliphatic carboxylic acids is 1. The number of hydrogen-bond donors (Lipinski definition) is 1. The van der Waals surface area contributed by atoms with E-state index < -0.39 is 11.9 Å². The maximum atomic E-state index is 12.4. The molecular weight excluding hydrogens is 310 g/mol. The molecule has 19 heavy (non-hydrogen) atoms. The standard InChI is InChI=1S/C14H16BrNO3/c1-8-6-16(7-11(8)14(18)19)13(17)10-4-3-5-12(15)9(10)2/h3-5,8,11H,6-7H2,1-2H3,(H,18,19)/t8-,11-/m1/s1. The zero-order valence-electron chi connectivity index (χ0n) is 10.9.